The Balaban J connectivity index is 1.78. The van der Waals surface area contributed by atoms with E-state index in [1.54, 1.807) is 0 Å². The predicted octanol–water partition coefficient (Wildman–Crippen LogP) is 1.33. The van der Waals surface area contributed by atoms with E-state index in [1.807, 2.05) is 0 Å². The third-order valence-corrected chi connectivity index (χ3v) is 4.31. The second-order valence-electron chi connectivity index (χ2n) is 5.83. The average Bonchev–Trinajstić information content (AvgIpc) is 2.53. The molecule has 0 bridgehead atoms. The summed E-state index contributed by atoms with van der Waals surface area (Å²) in [4.78, 5) is 4.85. The number of benzene rings is 1. The molecule has 4 nitrogen and oxygen atoms in total. The van der Waals surface area contributed by atoms with Gasteiger partial charge in [-0.3, -0.25) is 9.80 Å². The Morgan fingerprint density at radius 3 is 2.33 bits per heavy atom. The van der Waals surface area contributed by atoms with E-state index in [0.717, 1.165) is 52.0 Å². The molecule has 1 aliphatic rings. The van der Waals surface area contributed by atoms with Crippen molar-refractivity contribution in [3.8, 4) is 0 Å². The van der Waals surface area contributed by atoms with Crippen LogP contribution in [0.1, 0.15) is 24.8 Å². The van der Waals surface area contributed by atoms with E-state index >= 15 is 0 Å². The minimum Gasteiger partial charge on any atom is -0.396 e. The Bertz CT molecular complexity index is 378. The minimum absolute atomic E-state index is 0.204. The number of likely N-dealkylation sites (tertiary alicyclic amines) is 1. The number of rotatable bonds is 8. The molecule has 0 unspecified atom stereocenters. The number of hydrogen-bond acceptors (Lipinski definition) is 4. The van der Waals surface area contributed by atoms with Crippen molar-refractivity contribution in [3.05, 3.63) is 35.9 Å². The van der Waals surface area contributed by atoms with Gasteiger partial charge in [0.1, 0.15) is 0 Å². The standard InChI is InChI=1S/C17H28N2O2/c20-13-4-9-19(12-14-21)17-7-10-18(11-8-17)15-16-5-2-1-3-6-16/h1-3,5-6,17,20-21H,4,7-15H2. The van der Waals surface area contributed by atoms with Crippen molar-refractivity contribution in [2.75, 3.05) is 39.4 Å². The molecule has 1 aliphatic heterocycles. The lowest BCUT2D eigenvalue weighted by Gasteiger charge is -2.38. The zero-order valence-electron chi connectivity index (χ0n) is 12.8. The van der Waals surface area contributed by atoms with E-state index in [-0.39, 0.29) is 13.2 Å². The fourth-order valence-corrected chi connectivity index (χ4v) is 3.16. The molecular formula is C17H28N2O2. The quantitative estimate of drug-likeness (QED) is 0.759. The molecule has 0 saturated carbocycles. The highest BCUT2D eigenvalue weighted by molar-refractivity contribution is 5.14. The van der Waals surface area contributed by atoms with Crippen LogP contribution in [0.5, 0.6) is 0 Å². The first-order valence-electron chi connectivity index (χ1n) is 8.05. The van der Waals surface area contributed by atoms with E-state index in [2.05, 4.69) is 40.1 Å². The monoisotopic (exact) mass is 292 g/mol. The number of aliphatic hydroxyl groups is 2. The summed E-state index contributed by atoms with van der Waals surface area (Å²) in [5.41, 5.74) is 1.38. The van der Waals surface area contributed by atoms with Gasteiger partial charge >= 0.3 is 0 Å². The van der Waals surface area contributed by atoms with Gasteiger partial charge in [0.05, 0.1) is 6.61 Å². The Kier molecular flexibility index (Phi) is 7.16. The summed E-state index contributed by atoms with van der Waals surface area (Å²) < 4.78 is 0. The molecular weight excluding hydrogens is 264 g/mol. The van der Waals surface area contributed by atoms with Crippen LogP contribution in [-0.2, 0) is 6.54 Å². The van der Waals surface area contributed by atoms with Crippen LogP contribution in [0, 0.1) is 0 Å². The number of nitrogens with zero attached hydrogens (tertiary/aromatic N) is 2. The summed E-state index contributed by atoms with van der Waals surface area (Å²) in [7, 11) is 0. The summed E-state index contributed by atoms with van der Waals surface area (Å²) >= 11 is 0. The van der Waals surface area contributed by atoms with Crippen molar-refractivity contribution in [2.45, 2.75) is 31.8 Å². The normalized spacial score (nSPS) is 17.5. The molecule has 0 radical (unpaired) electrons. The molecule has 2 N–H and O–H groups in total. The summed E-state index contributed by atoms with van der Waals surface area (Å²) in [5.74, 6) is 0. The van der Waals surface area contributed by atoms with Gasteiger partial charge in [0.2, 0.25) is 0 Å². The molecule has 1 fully saturated rings. The lowest BCUT2D eigenvalue weighted by Crippen LogP contribution is -2.46. The molecule has 4 heteroatoms. The first kappa shape index (κ1) is 16.4. The van der Waals surface area contributed by atoms with Gasteiger partial charge < -0.3 is 10.2 Å². The molecule has 0 atom stereocenters. The average molecular weight is 292 g/mol. The first-order valence-corrected chi connectivity index (χ1v) is 8.05. The van der Waals surface area contributed by atoms with Crippen LogP contribution >= 0.6 is 0 Å². The maximum atomic E-state index is 9.20. The molecule has 2 rings (SSSR count). The minimum atomic E-state index is 0.204. The third-order valence-electron chi connectivity index (χ3n) is 4.31. The summed E-state index contributed by atoms with van der Waals surface area (Å²) in [6, 6.07) is 11.2. The molecule has 1 saturated heterocycles. The summed E-state index contributed by atoms with van der Waals surface area (Å²) in [6.07, 6.45) is 3.10. The van der Waals surface area contributed by atoms with Gasteiger partial charge in [0.25, 0.3) is 0 Å². The lowest BCUT2D eigenvalue weighted by molar-refractivity contribution is 0.0828. The van der Waals surface area contributed by atoms with E-state index in [1.165, 1.54) is 5.56 Å². The fraction of sp³-hybridized carbons (Fsp3) is 0.647. The largest absolute Gasteiger partial charge is 0.396 e. The molecule has 0 amide bonds. The summed E-state index contributed by atoms with van der Waals surface area (Å²) in [5, 5.41) is 18.2. The molecule has 0 aromatic heterocycles. The van der Waals surface area contributed by atoms with Crippen molar-refractivity contribution in [3.63, 3.8) is 0 Å². The van der Waals surface area contributed by atoms with Gasteiger partial charge in [-0.2, -0.15) is 0 Å². The van der Waals surface area contributed by atoms with Gasteiger partial charge in [0, 0.05) is 32.3 Å². The number of piperidine rings is 1. The Morgan fingerprint density at radius 1 is 1.00 bits per heavy atom. The highest BCUT2D eigenvalue weighted by Crippen LogP contribution is 2.18. The van der Waals surface area contributed by atoms with Crippen LogP contribution in [0.25, 0.3) is 0 Å². The Morgan fingerprint density at radius 2 is 1.71 bits per heavy atom. The van der Waals surface area contributed by atoms with Crippen molar-refractivity contribution >= 4 is 0 Å². The van der Waals surface area contributed by atoms with E-state index in [0.29, 0.717) is 6.04 Å². The van der Waals surface area contributed by atoms with Crippen LogP contribution < -0.4 is 0 Å². The maximum absolute atomic E-state index is 9.20. The van der Waals surface area contributed by atoms with Gasteiger partial charge in [-0.15, -0.1) is 0 Å². The molecule has 1 aromatic rings. The highest BCUT2D eigenvalue weighted by atomic mass is 16.3. The topological polar surface area (TPSA) is 46.9 Å². The van der Waals surface area contributed by atoms with Crippen LogP contribution in [0.3, 0.4) is 0 Å². The smallest absolute Gasteiger partial charge is 0.0558 e. The van der Waals surface area contributed by atoms with Crippen molar-refractivity contribution in [2.24, 2.45) is 0 Å². The molecule has 1 heterocycles. The first-order chi connectivity index (χ1) is 10.3. The Labute approximate surface area is 128 Å². The van der Waals surface area contributed by atoms with E-state index in [4.69, 9.17) is 5.11 Å². The van der Waals surface area contributed by atoms with Crippen LogP contribution in [0.2, 0.25) is 0 Å². The lowest BCUT2D eigenvalue weighted by atomic mass is 10.0. The number of hydrogen-bond donors (Lipinski definition) is 2. The number of aliphatic hydroxyl groups excluding tert-OH is 2. The van der Waals surface area contributed by atoms with Crippen LogP contribution in [0.4, 0.5) is 0 Å². The third kappa shape index (κ3) is 5.40. The predicted molar refractivity (Wildman–Crippen MR) is 85.1 cm³/mol. The van der Waals surface area contributed by atoms with Gasteiger partial charge in [-0.25, -0.2) is 0 Å². The zero-order chi connectivity index (χ0) is 14.9. The molecule has 1 aromatic carbocycles. The van der Waals surface area contributed by atoms with Crippen molar-refractivity contribution in [1.29, 1.82) is 0 Å². The molecule has 0 aliphatic carbocycles. The molecule has 21 heavy (non-hydrogen) atoms. The van der Waals surface area contributed by atoms with Crippen molar-refractivity contribution in [1.82, 2.24) is 9.80 Å². The van der Waals surface area contributed by atoms with Crippen LogP contribution in [-0.4, -0.2) is 65.4 Å². The maximum Gasteiger partial charge on any atom is 0.0558 e. The van der Waals surface area contributed by atoms with E-state index < -0.39 is 0 Å². The molecule has 0 spiro atoms. The molecule has 118 valence electrons. The summed E-state index contributed by atoms with van der Waals surface area (Å²) in [6.45, 7) is 5.31. The van der Waals surface area contributed by atoms with Crippen molar-refractivity contribution < 1.29 is 10.2 Å². The van der Waals surface area contributed by atoms with Gasteiger partial charge in [0.15, 0.2) is 0 Å². The van der Waals surface area contributed by atoms with Gasteiger partial charge in [-0.05, 0) is 37.9 Å². The highest BCUT2D eigenvalue weighted by Gasteiger charge is 2.23. The second kappa shape index (κ2) is 9.15. The SMILES string of the molecule is OCCCN(CCO)C1CCN(Cc2ccccc2)CC1. The van der Waals surface area contributed by atoms with E-state index in [9.17, 15) is 5.11 Å². The van der Waals surface area contributed by atoms with Crippen LogP contribution in [0.15, 0.2) is 30.3 Å². The zero-order valence-corrected chi connectivity index (χ0v) is 12.8. The fourth-order valence-electron chi connectivity index (χ4n) is 3.16. The van der Waals surface area contributed by atoms with Gasteiger partial charge in [-0.1, -0.05) is 30.3 Å². The Hall–Kier alpha value is -0.940. The second-order valence-corrected chi connectivity index (χ2v) is 5.83.